The fourth-order valence-corrected chi connectivity index (χ4v) is 4.60. The van der Waals surface area contributed by atoms with Crippen LogP contribution in [0.5, 0.6) is 0 Å². The van der Waals surface area contributed by atoms with Gasteiger partial charge in [-0.2, -0.15) is 13.2 Å². The lowest BCUT2D eigenvalue weighted by molar-refractivity contribution is -0.137. The minimum absolute atomic E-state index is 0.0678. The maximum Gasteiger partial charge on any atom is 0.416 e. The van der Waals surface area contributed by atoms with Crippen LogP contribution in [-0.2, 0) is 10.9 Å². The van der Waals surface area contributed by atoms with Crippen molar-refractivity contribution >= 4 is 17.1 Å². The van der Waals surface area contributed by atoms with Gasteiger partial charge >= 0.3 is 18.0 Å². The fraction of sp³-hybridized carbons (Fsp3) is 0.600. The van der Waals surface area contributed by atoms with Crippen LogP contribution in [0.15, 0.2) is 23.0 Å². The van der Waals surface area contributed by atoms with Crippen molar-refractivity contribution < 1.29 is 22.7 Å². The molecule has 2 aliphatic rings. The van der Waals surface area contributed by atoms with Crippen LogP contribution in [0.2, 0.25) is 0 Å². The van der Waals surface area contributed by atoms with E-state index in [2.05, 4.69) is 9.88 Å². The number of hydrogen-bond acceptors (Lipinski definition) is 4. The lowest BCUT2D eigenvalue weighted by atomic mass is 10.0. The molecule has 2 aromatic rings. The van der Waals surface area contributed by atoms with Crippen LogP contribution in [-0.4, -0.2) is 64.3 Å². The zero-order chi connectivity index (χ0) is 21.5. The van der Waals surface area contributed by atoms with Crippen molar-refractivity contribution in [2.24, 2.45) is 0 Å². The quantitative estimate of drug-likeness (QED) is 0.818. The number of alkyl halides is 3. The molecule has 0 spiro atoms. The number of aromatic amines is 1. The molecular weight excluding hydrogens is 401 g/mol. The summed E-state index contributed by atoms with van der Waals surface area (Å²) < 4.78 is 45.5. The van der Waals surface area contributed by atoms with Gasteiger partial charge < -0.3 is 14.6 Å². The molecule has 1 aromatic carbocycles. The van der Waals surface area contributed by atoms with Gasteiger partial charge in [-0.25, -0.2) is 9.59 Å². The van der Waals surface area contributed by atoms with E-state index in [1.54, 1.807) is 16.4 Å². The first-order valence-electron chi connectivity index (χ1n) is 10.2. The molecule has 2 saturated heterocycles. The summed E-state index contributed by atoms with van der Waals surface area (Å²) in [5.41, 5.74) is -0.443. The Labute approximate surface area is 171 Å². The molecule has 10 heteroatoms. The van der Waals surface area contributed by atoms with Crippen LogP contribution in [0, 0.1) is 0 Å². The average molecular weight is 426 g/mol. The Bertz CT molecular complexity index is 976. The van der Waals surface area contributed by atoms with Crippen LogP contribution in [0.3, 0.4) is 0 Å². The first-order valence-corrected chi connectivity index (χ1v) is 10.2. The van der Waals surface area contributed by atoms with Gasteiger partial charge in [-0.1, -0.05) is 0 Å². The van der Waals surface area contributed by atoms with Crippen molar-refractivity contribution in [2.75, 3.05) is 32.8 Å². The summed E-state index contributed by atoms with van der Waals surface area (Å²) in [7, 11) is 0. The SMILES string of the molecule is CCOC(=O)N1CCC(N2CCC(n3c(=O)[nH]c4cc(C(F)(F)F)ccc43)CC2)C1. The van der Waals surface area contributed by atoms with Crippen molar-refractivity contribution in [1.29, 1.82) is 0 Å². The minimum atomic E-state index is -4.45. The number of piperidine rings is 1. The van der Waals surface area contributed by atoms with Gasteiger partial charge in [-0.15, -0.1) is 0 Å². The van der Waals surface area contributed by atoms with E-state index in [1.807, 2.05) is 0 Å². The van der Waals surface area contributed by atoms with Crippen molar-refractivity contribution in [3.05, 3.63) is 34.2 Å². The number of amides is 1. The molecule has 1 unspecified atom stereocenters. The van der Waals surface area contributed by atoms with E-state index in [9.17, 15) is 22.8 Å². The topological polar surface area (TPSA) is 70.6 Å². The molecule has 0 bridgehead atoms. The van der Waals surface area contributed by atoms with Crippen LogP contribution < -0.4 is 5.69 Å². The highest BCUT2D eigenvalue weighted by Crippen LogP contribution is 2.32. The monoisotopic (exact) mass is 426 g/mol. The van der Waals surface area contributed by atoms with Crippen molar-refractivity contribution in [3.8, 4) is 0 Å². The summed E-state index contributed by atoms with van der Waals surface area (Å²) in [5, 5.41) is 0. The maximum absolute atomic E-state index is 13.0. The number of ether oxygens (including phenoxy) is 1. The zero-order valence-corrected chi connectivity index (χ0v) is 16.7. The summed E-state index contributed by atoms with van der Waals surface area (Å²) in [4.78, 5) is 31.0. The number of rotatable bonds is 3. The number of hydrogen-bond donors (Lipinski definition) is 1. The van der Waals surface area contributed by atoms with Crippen molar-refractivity contribution in [3.63, 3.8) is 0 Å². The second kappa shape index (κ2) is 7.98. The van der Waals surface area contributed by atoms with Gasteiger partial charge in [-0.3, -0.25) is 9.47 Å². The summed E-state index contributed by atoms with van der Waals surface area (Å²) in [6.07, 6.45) is -2.39. The maximum atomic E-state index is 13.0. The Hall–Kier alpha value is -2.49. The van der Waals surface area contributed by atoms with Crippen molar-refractivity contribution in [1.82, 2.24) is 19.4 Å². The molecule has 1 aromatic heterocycles. The number of nitrogens with one attached hydrogen (secondary N) is 1. The van der Waals surface area contributed by atoms with Crippen LogP contribution in [0.4, 0.5) is 18.0 Å². The number of nitrogens with zero attached hydrogens (tertiary/aromatic N) is 3. The number of fused-ring (bicyclic) bond motifs is 1. The third-order valence-corrected chi connectivity index (χ3v) is 6.11. The van der Waals surface area contributed by atoms with Gasteiger partial charge in [0, 0.05) is 38.3 Å². The number of carbonyl (C=O) groups is 1. The average Bonchev–Trinajstić information content (AvgIpc) is 3.31. The predicted octanol–water partition coefficient (Wildman–Crippen LogP) is 3.22. The highest BCUT2D eigenvalue weighted by Gasteiger charge is 2.34. The Morgan fingerprint density at radius 2 is 1.87 bits per heavy atom. The number of halogens is 3. The van der Waals surface area contributed by atoms with Gasteiger partial charge in [0.15, 0.2) is 0 Å². The first-order chi connectivity index (χ1) is 14.3. The predicted molar refractivity (Wildman–Crippen MR) is 104 cm³/mol. The minimum Gasteiger partial charge on any atom is -0.450 e. The summed E-state index contributed by atoms with van der Waals surface area (Å²) in [6.45, 7) is 4.99. The van der Waals surface area contributed by atoms with E-state index in [0.717, 1.165) is 44.5 Å². The lowest BCUT2D eigenvalue weighted by Gasteiger charge is -2.36. The summed E-state index contributed by atoms with van der Waals surface area (Å²) in [6, 6.07) is 3.58. The molecule has 1 amide bonds. The standard InChI is InChI=1S/C20H25F3N4O3/c1-2-30-19(29)26-10-7-15(12-26)25-8-5-14(6-9-25)27-17-4-3-13(20(21,22)23)11-16(17)24-18(27)28/h3-4,11,14-15H,2,5-10,12H2,1H3,(H,24,28). The van der Waals surface area contributed by atoms with E-state index in [1.165, 1.54) is 6.07 Å². The fourth-order valence-electron chi connectivity index (χ4n) is 4.60. The molecule has 1 N–H and O–H groups in total. The number of aromatic nitrogens is 2. The molecule has 3 heterocycles. The zero-order valence-electron chi connectivity index (χ0n) is 16.7. The van der Waals surface area contributed by atoms with Gasteiger partial charge in [0.05, 0.1) is 23.2 Å². The molecule has 0 aliphatic carbocycles. The molecule has 0 saturated carbocycles. The molecule has 1 atom stereocenters. The first kappa shape index (κ1) is 20.8. The summed E-state index contributed by atoms with van der Waals surface area (Å²) in [5.74, 6) is 0. The van der Waals surface area contributed by atoms with Crippen LogP contribution >= 0.6 is 0 Å². The third kappa shape index (κ3) is 3.92. The lowest BCUT2D eigenvalue weighted by Crippen LogP contribution is -2.44. The van der Waals surface area contributed by atoms with E-state index >= 15 is 0 Å². The highest BCUT2D eigenvalue weighted by molar-refractivity contribution is 5.76. The Morgan fingerprint density at radius 1 is 1.17 bits per heavy atom. The molecule has 0 radical (unpaired) electrons. The van der Waals surface area contributed by atoms with Gasteiger partial charge in [0.1, 0.15) is 0 Å². The second-order valence-corrected chi connectivity index (χ2v) is 7.88. The summed E-state index contributed by atoms with van der Waals surface area (Å²) >= 11 is 0. The number of carbonyl (C=O) groups excluding carboxylic acids is 1. The molecule has 7 nitrogen and oxygen atoms in total. The highest BCUT2D eigenvalue weighted by atomic mass is 19.4. The van der Waals surface area contributed by atoms with Gasteiger partial charge in [-0.05, 0) is 44.4 Å². The normalized spacial score (nSPS) is 21.5. The molecule has 30 heavy (non-hydrogen) atoms. The molecular formula is C20H25F3N4O3. The van der Waals surface area contributed by atoms with E-state index in [4.69, 9.17) is 4.74 Å². The molecule has 164 valence electrons. The second-order valence-electron chi connectivity index (χ2n) is 7.88. The van der Waals surface area contributed by atoms with E-state index in [0.29, 0.717) is 25.2 Å². The largest absolute Gasteiger partial charge is 0.450 e. The number of benzene rings is 1. The number of imidazole rings is 1. The van der Waals surface area contributed by atoms with Crippen molar-refractivity contribution in [2.45, 2.75) is 44.4 Å². The molecule has 2 fully saturated rings. The molecule has 2 aliphatic heterocycles. The van der Waals surface area contributed by atoms with Gasteiger partial charge in [0.25, 0.3) is 0 Å². The number of H-pyrrole nitrogens is 1. The smallest absolute Gasteiger partial charge is 0.416 e. The van der Waals surface area contributed by atoms with E-state index < -0.39 is 11.7 Å². The number of likely N-dealkylation sites (tertiary alicyclic amines) is 2. The Morgan fingerprint density at radius 3 is 2.53 bits per heavy atom. The van der Waals surface area contributed by atoms with E-state index in [-0.39, 0.29) is 29.4 Å². The van der Waals surface area contributed by atoms with Crippen LogP contribution in [0.1, 0.15) is 37.8 Å². The Balaban J connectivity index is 1.43. The Kier molecular flexibility index (Phi) is 5.52. The third-order valence-electron chi connectivity index (χ3n) is 6.11. The van der Waals surface area contributed by atoms with Crippen LogP contribution in [0.25, 0.3) is 11.0 Å². The molecule has 4 rings (SSSR count). The van der Waals surface area contributed by atoms with Gasteiger partial charge in [0.2, 0.25) is 0 Å².